The van der Waals surface area contributed by atoms with E-state index in [4.69, 9.17) is 19.2 Å². The molecule has 4 aliphatic rings. The molecule has 4 fully saturated rings. The lowest BCUT2D eigenvalue weighted by atomic mass is 9.54. The van der Waals surface area contributed by atoms with Crippen molar-refractivity contribution in [1.29, 1.82) is 0 Å². The molecule has 0 bridgehead atoms. The van der Waals surface area contributed by atoms with Crippen LogP contribution in [-0.2, 0) is 16.0 Å². The summed E-state index contributed by atoms with van der Waals surface area (Å²) in [6, 6.07) is 6.93. The lowest BCUT2D eigenvalue weighted by molar-refractivity contribution is -0.125. The molecule has 5 rings (SSSR count). The van der Waals surface area contributed by atoms with Crippen molar-refractivity contribution in [3.8, 4) is 5.75 Å². The second kappa shape index (κ2) is 11.1. The minimum absolute atomic E-state index is 0. The van der Waals surface area contributed by atoms with Crippen molar-refractivity contribution in [2.45, 2.75) is 71.1 Å². The Labute approximate surface area is 215 Å². The summed E-state index contributed by atoms with van der Waals surface area (Å²) in [6.07, 6.45) is 7.94. The Morgan fingerprint density at radius 3 is 2.82 bits per heavy atom. The van der Waals surface area contributed by atoms with Crippen molar-refractivity contribution < 1.29 is 14.2 Å². The molecule has 1 spiro atoms. The summed E-state index contributed by atoms with van der Waals surface area (Å²) >= 11 is 0. The van der Waals surface area contributed by atoms with Gasteiger partial charge in [-0.1, -0.05) is 25.0 Å². The number of halogens is 1. The summed E-state index contributed by atoms with van der Waals surface area (Å²) in [6.45, 7) is 9.00. The predicted molar refractivity (Wildman–Crippen MR) is 142 cm³/mol. The van der Waals surface area contributed by atoms with E-state index in [1.165, 1.54) is 37.7 Å². The molecule has 0 amide bonds. The number of rotatable bonds is 7. The van der Waals surface area contributed by atoms with E-state index in [1.807, 2.05) is 0 Å². The monoisotopic (exact) mass is 569 g/mol. The van der Waals surface area contributed by atoms with Gasteiger partial charge in [0.25, 0.3) is 0 Å². The van der Waals surface area contributed by atoms with Gasteiger partial charge in [0.05, 0.1) is 25.9 Å². The molecule has 4 unspecified atom stereocenters. The maximum Gasteiger partial charge on any atom is 0.191 e. The lowest BCUT2D eigenvalue weighted by Crippen LogP contribution is -2.69. The molecule has 2 heterocycles. The average molecular weight is 570 g/mol. The van der Waals surface area contributed by atoms with Gasteiger partial charge in [0.2, 0.25) is 0 Å². The maximum absolute atomic E-state index is 6.23. The van der Waals surface area contributed by atoms with Gasteiger partial charge in [-0.25, -0.2) is 4.99 Å². The van der Waals surface area contributed by atoms with Crippen LogP contribution in [0, 0.1) is 24.2 Å². The minimum atomic E-state index is 0. The number of aliphatic imine (C=N–C) groups is 1. The number of hydrogen-bond acceptors (Lipinski definition) is 4. The Morgan fingerprint density at radius 1 is 1.21 bits per heavy atom. The van der Waals surface area contributed by atoms with Crippen LogP contribution in [0.2, 0.25) is 0 Å². The molecule has 4 atom stereocenters. The van der Waals surface area contributed by atoms with Crippen LogP contribution in [0.25, 0.3) is 0 Å². The van der Waals surface area contributed by atoms with Gasteiger partial charge in [-0.15, -0.1) is 24.0 Å². The van der Waals surface area contributed by atoms with E-state index >= 15 is 0 Å². The molecular weight excluding hydrogens is 529 g/mol. The smallest absolute Gasteiger partial charge is 0.191 e. The van der Waals surface area contributed by atoms with E-state index in [9.17, 15) is 0 Å². The van der Waals surface area contributed by atoms with Gasteiger partial charge >= 0.3 is 0 Å². The fourth-order valence-corrected chi connectivity index (χ4v) is 6.38. The summed E-state index contributed by atoms with van der Waals surface area (Å²) in [5, 5.41) is 7.32. The highest BCUT2D eigenvalue weighted by Gasteiger charge is 2.65. The summed E-state index contributed by atoms with van der Waals surface area (Å²) in [5.74, 6) is 3.00. The van der Waals surface area contributed by atoms with E-state index in [-0.39, 0.29) is 24.0 Å². The normalized spacial score (nSPS) is 29.9. The van der Waals surface area contributed by atoms with Crippen molar-refractivity contribution in [3.63, 3.8) is 0 Å². The van der Waals surface area contributed by atoms with E-state index in [2.05, 4.69) is 42.7 Å². The van der Waals surface area contributed by atoms with Gasteiger partial charge in [0.15, 0.2) is 5.96 Å². The number of aryl methyl sites for hydroxylation is 1. The molecule has 6 nitrogen and oxygen atoms in total. The molecule has 2 saturated carbocycles. The average Bonchev–Trinajstić information content (AvgIpc) is 3.56. The van der Waals surface area contributed by atoms with Crippen LogP contribution in [0.5, 0.6) is 5.75 Å². The zero-order valence-electron chi connectivity index (χ0n) is 20.1. The second-order valence-corrected chi connectivity index (χ2v) is 10.2. The predicted octanol–water partition coefficient (Wildman–Crippen LogP) is 4.43. The van der Waals surface area contributed by atoms with Gasteiger partial charge in [-0.3, -0.25) is 0 Å². The largest absolute Gasteiger partial charge is 0.493 e. The number of guanidine groups is 1. The topological polar surface area (TPSA) is 64.1 Å². The Morgan fingerprint density at radius 2 is 2.06 bits per heavy atom. The van der Waals surface area contributed by atoms with Crippen molar-refractivity contribution >= 4 is 29.9 Å². The quantitative estimate of drug-likeness (QED) is 0.289. The van der Waals surface area contributed by atoms with Crippen molar-refractivity contribution in [2.24, 2.45) is 22.2 Å². The molecular formula is C26H40IN3O3. The van der Waals surface area contributed by atoms with Gasteiger partial charge in [-0.2, -0.15) is 0 Å². The van der Waals surface area contributed by atoms with Gasteiger partial charge in [-0.05, 0) is 51.2 Å². The van der Waals surface area contributed by atoms with Crippen LogP contribution in [0.4, 0.5) is 0 Å². The van der Waals surface area contributed by atoms with Crippen LogP contribution in [-0.4, -0.2) is 51.1 Å². The van der Waals surface area contributed by atoms with E-state index in [1.54, 1.807) is 0 Å². The van der Waals surface area contributed by atoms with Crippen LogP contribution in [0.1, 0.15) is 56.6 Å². The van der Waals surface area contributed by atoms with E-state index in [0.717, 1.165) is 50.1 Å². The maximum atomic E-state index is 6.23. The molecule has 2 aliphatic carbocycles. The molecule has 0 aromatic heterocycles. The first kappa shape index (κ1) is 25.0. The Kier molecular flexibility index (Phi) is 8.44. The third-order valence-electron chi connectivity index (χ3n) is 8.05. The Bertz CT molecular complexity index is 821. The number of nitrogens with zero attached hydrogens (tertiary/aromatic N) is 1. The Balaban J connectivity index is 0.00000259. The first-order valence-electron chi connectivity index (χ1n) is 12.7. The summed E-state index contributed by atoms with van der Waals surface area (Å²) in [5.41, 5.74) is 2.67. The third kappa shape index (κ3) is 5.15. The summed E-state index contributed by atoms with van der Waals surface area (Å²) in [4.78, 5) is 4.99. The second-order valence-electron chi connectivity index (χ2n) is 10.2. The Hall–Kier alpha value is -1.06. The molecule has 1 aromatic rings. The van der Waals surface area contributed by atoms with E-state index < -0.39 is 0 Å². The molecule has 0 radical (unpaired) electrons. The highest BCUT2D eigenvalue weighted by Crippen LogP contribution is 2.60. The zero-order valence-corrected chi connectivity index (χ0v) is 22.4. The fourth-order valence-electron chi connectivity index (χ4n) is 6.38. The van der Waals surface area contributed by atoms with Gasteiger partial charge in [0.1, 0.15) is 5.75 Å². The van der Waals surface area contributed by atoms with Crippen molar-refractivity contribution in [1.82, 2.24) is 10.6 Å². The van der Waals surface area contributed by atoms with E-state index in [0.29, 0.717) is 42.5 Å². The fraction of sp³-hybridized carbons (Fsp3) is 0.731. The molecule has 7 heteroatoms. The molecule has 33 heavy (non-hydrogen) atoms. The highest BCUT2D eigenvalue weighted by molar-refractivity contribution is 14.0. The van der Waals surface area contributed by atoms with Crippen molar-refractivity contribution in [3.05, 3.63) is 29.3 Å². The van der Waals surface area contributed by atoms with Crippen molar-refractivity contribution in [2.75, 3.05) is 33.0 Å². The lowest BCUT2D eigenvalue weighted by Gasteiger charge is -2.57. The SMILES string of the molecule is CCNC(=NCc1ccc(C)cc1OCC1CCOC1)NC1C2CCOC2C12CCCC2.I. The van der Waals surface area contributed by atoms with Gasteiger partial charge < -0.3 is 24.8 Å². The van der Waals surface area contributed by atoms with Crippen LogP contribution < -0.4 is 15.4 Å². The molecule has 2 N–H and O–H groups in total. The first-order chi connectivity index (χ1) is 15.7. The summed E-state index contributed by atoms with van der Waals surface area (Å²) < 4.78 is 17.9. The van der Waals surface area contributed by atoms with Crippen LogP contribution >= 0.6 is 24.0 Å². The molecule has 2 saturated heterocycles. The number of nitrogens with one attached hydrogen (secondary N) is 2. The van der Waals surface area contributed by atoms with Crippen LogP contribution in [0.15, 0.2) is 23.2 Å². The standard InChI is InChI=1S/C26H39N3O3.HI/c1-3-27-25(29-23-21-9-13-31-24(21)26(23)10-4-5-11-26)28-15-20-7-6-18(2)14-22(20)32-17-19-8-12-30-16-19;/h6-7,14,19,21,23-24H,3-5,8-13,15-17H2,1-2H3,(H2,27,28,29);1H. The molecule has 1 aromatic carbocycles. The molecule has 184 valence electrons. The highest BCUT2D eigenvalue weighted by atomic mass is 127. The van der Waals surface area contributed by atoms with Gasteiger partial charge in [0, 0.05) is 48.6 Å². The summed E-state index contributed by atoms with van der Waals surface area (Å²) in [7, 11) is 0. The third-order valence-corrected chi connectivity index (χ3v) is 8.05. The zero-order chi connectivity index (χ0) is 22.0. The number of hydrogen-bond donors (Lipinski definition) is 2. The van der Waals surface area contributed by atoms with Crippen LogP contribution in [0.3, 0.4) is 0 Å². The number of fused-ring (bicyclic) bond motifs is 2. The number of ether oxygens (including phenoxy) is 3. The minimum Gasteiger partial charge on any atom is -0.493 e. The number of benzene rings is 1. The first-order valence-corrected chi connectivity index (χ1v) is 12.7. The molecule has 2 aliphatic heterocycles.